The molecule has 1 saturated heterocycles. The van der Waals surface area contributed by atoms with Gasteiger partial charge in [0.2, 0.25) is 0 Å². The van der Waals surface area contributed by atoms with Crippen molar-refractivity contribution in [2.45, 2.75) is 23.1 Å². The molecular weight excluding hydrogens is 370 g/mol. The summed E-state index contributed by atoms with van der Waals surface area (Å²) >= 11 is 6.99. The van der Waals surface area contributed by atoms with E-state index in [-0.39, 0.29) is 10.3 Å². The minimum absolute atomic E-state index is 0.253. The average molecular weight is 388 g/mol. The van der Waals surface area contributed by atoms with Crippen molar-refractivity contribution in [2.75, 3.05) is 20.8 Å². The molecule has 2 heterocycles. The Morgan fingerprint density at radius 3 is 2.62 bits per heavy atom. The topological polar surface area (TPSA) is 55.8 Å². The highest BCUT2D eigenvalue weighted by Gasteiger charge is 2.38. The van der Waals surface area contributed by atoms with Crippen molar-refractivity contribution < 1.29 is 17.9 Å². The van der Waals surface area contributed by atoms with E-state index in [2.05, 4.69) is 0 Å². The van der Waals surface area contributed by atoms with Crippen molar-refractivity contribution in [3.8, 4) is 11.5 Å². The molecule has 8 heteroatoms. The van der Waals surface area contributed by atoms with Crippen LogP contribution in [0.2, 0.25) is 4.34 Å². The maximum Gasteiger partial charge on any atom is 0.253 e. The molecule has 130 valence electrons. The van der Waals surface area contributed by atoms with Gasteiger partial charge in [0.25, 0.3) is 10.0 Å². The fourth-order valence-corrected chi connectivity index (χ4v) is 6.27. The number of sulfonamides is 1. The second kappa shape index (κ2) is 6.92. The van der Waals surface area contributed by atoms with Crippen LogP contribution in [0.5, 0.6) is 11.5 Å². The van der Waals surface area contributed by atoms with Gasteiger partial charge in [-0.2, -0.15) is 4.31 Å². The lowest BCUT2D eigenvalue weighted by Gasteiger charge is -2.25. The number of hydrogen-bond donors (Lipinski definition) is 0. The lowest BCUT2D eigenvalue weighted by Crippen LogP contribution is -2.30. The lowest BCUT2D eigenvalue weighted by atomic mass is 10.0. The second-order valence-corrected chi connectivity index (χ2v) is 9.27. The van der Waals surface area contributed by atoms with Crippen molar-refractivity contribution >= 4 is 33.0 Å². The zero-order valence-electron chi connectivity index (χ0n) is 13.4. The van der Waals surface area contributed by atoms with E-state index in [9.17, 15) is 8.42 Å². The maximum atomic E-state index is 13.0. The lowest BCUT2D eigenvalue weighted by molar-refractivity contribution is 0.361. The highest BCUT2D eigenvalue weighted by atomic mass is 35.5. The summed E-state index contributed by atoms with van der Waals surface area (Å²) in [6.45, 7) is 0.484. The molecule has 1 aromatic carbocycles. The molecule has 3 rings (SSSR count). The van der Waals surface area contributed by atoms with E-state index >= 15 is 0 Å². The van der Waals surface area contributed by atoms with Crippen molar-refractivity contribution in [1.29, 1.82) is 0 Å². The maximum absolute atomic E-state index is 13.0. The third-order valence-corrected chi connectivity index (χ3v) is 7.72. The minimum atomic E-state index is -3.58. The highest BCUT2D eigenvalue weighted by Crippen LogP contribution is 2.42. The van der Waals surface area contributed by atoms with Crippen LogP contribution < -0.4 is 9.47 Å². The monoisotopic (exact) mass is 387 g/mol. The number of ether oxygens (including phenoxy) is 2. The van der Waals surface area contributed by atoms with Crippen LogP contribution in [0, 0.1) is 0 Å². The van der Waals surface area contributed by atoms with Crippen LogP contribution in [-0.2, 0) is 10.0 Å². The van der Waals surface area contributed by atoms with Gasteiger partial charge in [0.15, 0.2) is 0 Å². The Bertz CT molecular complexity index is 834. The molecular formula is C16H18ClNO4S2. The van der Waals surface area contributed by atoms with Gasteiger partial charge in [-0.1, -0.05) is 17.7 Å². The van der Waals surface area contributed by atoms with Gasteiger partial charge in [0.1, 0.15) is 15.7 Å². The summed E-state index contributed by atoms with van der Waals surface area (Å²) in [6, 6.07) is 8.39. The molecule has 1 aliphatic rings. The fourth-order valence-electron chi connectivity index (χ4n) is 2.98. The minimum Gasteiger partial charge on any atom is -0.497 e. The number of halogens is 1. The Kier molecular flexibility index (Phi) is 5.05. The summed E-state index contributed by atoms with van der Waals surface area (Å²) in [5.41, 5.74) is 0.849. The summed E-state index contributed by atoms with van der Waals surface area (Å²) in [6.07, 6.45) is 1.55. The molecule has 0 radical (unpaired) electrons. The number of methoxy groups -OCH3 is 2. The largest absolute Gasteiger partial charge is 0.497 e. The summed E-state index contributed by atoms with van der Waals surface area (Å²) in [4.78, 5) is 0. The molecule has 1 aliphatic heterocycles. The summed E-state index contributed by atoms with van der Waals surface area (Å²) in [5.74, 6) is 1.30. The molecule has 0 unspecified atom stereocenters. The average Bonchev–Trinajstić information content (AvgIpc) is 3.23. The Balaban J connectivity index is 1.99. The molecule has 2 aromatic rings. The molecule has 0 aliphatic carbocycles. The molecule has 0 saturated carbocycles. The van der Waals surface area contributed by atoms with Crippen LogP contribution in [0.25, 0.3) is 0 Å². The predicted octanol–water partition coefficient (Wildman–Crippen LogP) is 3.94. The van der Waals surface area contributed by atoms with Crippen molar-refractivity contribution in [3.05, 3.63) is 40.2 Å². The second-order valence-electron chi connectivity index (χ2n) is 5.44. The first-order chi connectivity index (χ1) is 11.5. The number of hydrogen-bond acceptors (Lipinski definition) is 5. The Hall–Kier alpha value is -1.28. The Morgan fingerprint density at radius 2 is 2.00 bits per heavy atom. The zero-order valence-corrected chi connectivity index (χ0v) is 15.7. The molecule has 1 atom stereocenters. The van der Waals surface area contributed by atoms with Gasteiger partial charge in [-0.25, -0.2) is 8.42 Å². The molecule has 0 spiro atoms. The number of benzene rings is 1. The zero-order chi connectivity index (χ0) is 17.3. The van der Waals surface area contributed by atoms with Crippen molar-refractivity contribution in [2.24, 2.45) is 0 Å². The quantitative estimate of drug-likeness (QED) is 0.779. The van der Waals surface area contributed by atoms with Gasteiger partial charge in [-0.05, 0) is 31.0 Å². The first-order valence-corrected chi connectivity index (χ1v) is 10.1. The van der Waals surface area contributed by atoms with Gasteiger partial charge in [-0.3, -0.25) is 0 Å². The third-order valence-electron chi connectivity index (χ3n) is 4.11. The van der Waals surface area contributed by atoms with Gasteiger partial charge in [0, 0.05) is 18.2 Å². The van der Waals surface area contributed by atoms with E-state index in [1.165, 1.54) is 0 Å². The number of nitrogens with zero attached hydrogens (tertiary/aromatic N) is 1. The van der Waals surface area contributed by atoms with Crippen molar-refractivity contribution in [3.63, 3.8) is 0 Å². The van der Waals surface area contributed by atoms with Crippen LogP contribution in [0.3, 0.4) is 0 Å². The molecule has 0 bridgehead atoms. The summed E-state index contributed by atoms with van der Waals surface area (Å²) in [7, 11) is -0.416. The first-order valence-electron chi connectivity index (χ1n) is 7.46. The third kappa shape index (κ3) is 3.13. The van der Waals surface area contributed by atoms with Crippen LogP contribution in [-0.4, -0.2) is 33.5 Å². The normalized spacial score (nSPS) is 18.7. The Labute approximate surface area is 150 Å². The van der Waals surface area contributed by atoms with Gasteiger partial charge < -0.3 is 9.47 Å². The van der Waals surface area contributed by atoms with E-state index in [1.807, 2.05) is 12.1 Å². The SMILES string of the molecule is COc1ccc([C@H]2CCCN2S(=O)(=O)c2ccc(Cl)s2)c(OC)c1. The standard InChI is InChI=1S/C16H18ClNO4S2/c1-21-11-5-6-12(14(10-11)22-2)13-4-3-9-18(13)24(19,20)16-8-7-15(17)23-16/h5-8,10,13H,3-4,9H2,1-2H3/t13-/m1/s1. The van der Waals surface area contributed by atoms with Gasteiger partial charge >= 0.3 is 0 Å². The summed E-state index contributed by atoms with van der Waals surface area (Å²) in [5, 5.41) is 0. The number of thiophene rings is 1. The predicted molar refractivity (Wildman–Crippen MR) is 94.7 cm³/mol. The molecule has 0 N–H and O–H groups in total. The van der Waals surface area contributed by atoms with Crippen LogP contribution in [0.15, 0.2) is 34.5 Å². The van der Waals surface area contributed by atoms with E-state index in [1.54, 1.807) is 36.7 Å². The smallest absolute Gasteiger partial charge is 0.253 e. The van der Waals surface area contributed by atoms with Crippen LogP contribution in [0.1, 0.15) is 24.4 Å². The summed E-state index contributed by atoms with van der Waals surface area (Å²) < 4.78 is 38.9. The highest BCUT2D eigenvalue weighted by molar-refractivity contribution is 7.91. The molecule has 1 fully saturated rings. The van der Waals surface area contributed by atoms with Crippen LogP contribution >= 0.6 is 22.9 Å². The Morgan fingerprint density at radius 1 is 1.21 bits per heavy atom. The first kappa shape index (κ1) is 17.5. The van der Waals surface area contributed by atoms with Gasteiger partial charge in [-0.15, -0.1) is 11.3 Å². The molecule has 1 aromatic heterocycles. The number of rotatable bonds is 5. The fraction of sp³-hybridized carbons (Fsp3) is 0.375. The van der Waals surface area contributed by atoms with Crippen molar-refractivity contribution in [1.82, 2.24) is 4.31 Å². The van der Waals surface area contributed by atoms with E-state index in [4.69, 9.17) is 21.1 Å². The molecule has 5 nitrogen and oxygen atoms in total. The molecule has 0 amide bonds. The van der Waals surface area contributed by atoms with E-state index < -0.39 is 10.0 Å². The van der Waals surface area contributed by atoms with E-state index in [0.29, 0.717) is 22.4 Å². The van der Waals surface area contributed by atoms with Gasteiger partial charge in [0.05, 0.1) is 24.6 Å². The molecule has 24 heavy (non-hydrogen) atoms. The van der Waals surface area contributed by atoms with Crippen LogP contribution in [0.4, 0.5) is 0 Å². The van der Waals surface area contributed by atoms with E-state index in [0.717, 1.165) is 29.7 Å².